The summed E-state index contributed by atoms with van der Waals surface area (Å²) in [4.78, 5) is 16.5. The highest BCUT2D eigenvalue weighted by Gasteiger charge is 2.31. The van der Waals surface area contributed by atoms with Gasteiger partial charge in [0.1, 0.15) is 6.17 Å². The number of benzene rings is 1. The van der Waals surface area contributed by atoms with Crippen LogP contribution in [0.2, 0.25) is 0 Å². The second-order valence-electron chi connectivity index (χ2n) is 5.83. The third-order valence-electron chi connectivity index (χ3n) is 4.29. The maximum absolute atomic E-state index is 12.1. The van der Waals surface area contributed by atoms with E-state index in [0.29, 0.717) is 6.54 Å². The summed E-state index contributed by atoms with van der Waals surface area (Å²) in [5.41, 5.74) is 2.43. The fraction of sp³-hybridized carbons (Fsp3) is 0.562. The van der Waals surface area contributed by atoms with Crippen molar-refractivity contribution >= 4 is 5.91 Å². The van der Waals surface area contributed by atoms with Crippen LogP contribution in [0.3, 0.4) is 0 Å². The Bertz CT molecular complexity index is 482. The van der Waals surface area contributed by atoms with Crippen LogP contribution in [-0.2, 0) is 4.79 Å². The fourth-order valence-electron chi connectivity index (χ4n) is 3.19. The molecule has 1 amide bonds. The molecule has 2 aliphatic rings. The van der Waals surface area contributed by atoms with Crippen LogP contribution in [0.1, 0.15) is 30.1 Å². The first-order valence-corrected chi connectivity index (χ1v) is 7.56. The summed E-state index contributed by atoms with van der Waals surface area (Å²) in [6, 6.07) is 8.42. The number of nitrogens with one attached hydrogen (secondary N) is 1. The van der Waals surface area contributed by atoms with Gasteiger partial charge in [0.05, 0.1) is 6.54 Å². The first-order valence-electron chi connectivity index (χ1n) is 7.56. The molecule has 1 N–H and O–H groups in total. The largest absolute Gasteiger partial charge is 0.321 e. The molecule has 0 radical (unpaired) electrons. The number of carbonyl (C=O) groups is 1. The van der Waals surface area contributed by atoms with Crippen LogP contribution >= 0.6 is 0 Å². The Balaban J connectivity index is 1.68. The molecule has 20 heavy (non-hydrogen) atoms. The highest BCUT2D eigenvalue weighted by molar-refractivity contribution is 5.81. The zero-order valence-electron chi connectivity index (χ0n) is 12.1. The van der Waals surface area contributed by atoms with Crippen LogP contribution in [-0.4, -0.2) is 48.4 Å². The molecule has 0 aromatic heterocycles. The predicted octanol–water partition coefficient (Wildman–Crippen LogP) is 1.52. The van der Waals surface area contributed by atoms with E-state index >= 15 is 0 Å². The number of rotatable bonds is 4. The lowest BCUT2D eigenvalue weighted by atomic mass is 10.1. The van der Waals surface area contributed by atoms with Crippen molar-refractivity contribution in [2.24, 2.45) is 0 Å². The Kier molecular flexibility index (Phi) is 4.03. The summed E-state index contributed by atoms with van der Waals surface area (Å²) >= 11 is 0. The summed E-state index contributed by atoms with van der Waals surface area (Å²) in [5.74, 6) is 0.218. The molecular weight excluding hydrogens is 250 g/mol. The zero-order valence-corrected chi connectivity index (χ0v) is 12.1. The number of hydrogen-bond donors (Lipinski definition) is 1. The first kappa shape index (κ1) is 13.6. The number of nitrogens with zero attached hydrogens (tertiary/aromatic N) is 2. The molecule has 2 saturated heterocycles. The minimum absolute atomic E-state index is 0.0463. The van der Waals surface area contributed by atoms with Crippen molar-refractivity contribution in [3.05, 3.63) is 35.4 Å². The van der Waals surface area contributed by atoms with Crippen LogP contribution in [0.4, 0.5) is 0 Å². The van der Waals surface area contributed by atoms with Crippen molar-refractivity contribution < 1.29 is 4.79 Å². The highest BCUT2D eigenvalue weighted by Crippen LogP contribution is 2.23. The molecule has 1 aromatic rings. The Morgan fingerprint density at radius 2 is 2.05 bits per heavy atom. The van der Waals surface area contributed by atoms with Crippen molar-refractivity contribution in [3.8, 4) is 0 Å². The monoisotopic (exact) mass is 273 g/mol. The Hall–Kier alpha value is -1.39. The van der Waals surface area contributed by atoms with E-state index in [9.17, 15) is 4.79 Å². The summed E-state index contributed by atoms with van der Waals surface area (Å²) < 4.78 is 0. The number of carbonyl (C=O) groups excluding carboxylic acids is 1. The van der Waals surface area contributed by atoms with Gasteiger partial charge in [0, 0.05) is 13.1 Å². The first-order chi connectivity index (χ1) is 9.74. The summed E-state index contributed by atoms with van der Waals surface area (Å²) in [6.45, 7) is 6.74. The van der Waals surface area contributed by atoms with Crippen LogP contribution in [0.5, 0.6) is 0 Å². The lowest BCUT2D eigenvalue weighted by Crippen LogP contribution is -2.37. The van der Waals surface area contributed by atoms with E-state index in [2.05, 4.69) is 41.4 Å². The molecule has 3 rings (SSSR count). The number of aryl methyl sites for hydroxylation is 1. The van der Waals surface area contributed by atoms with Crippen molar-refractivity contribution in [1.29, 1.82) is 0 Å². The normalized spacial score (nSPS) is 23.8. The van der Waals surface area contributed by atoms with Gasteiger partial charge >= 0.3 is 0 Å². The average Bonchev–Trinajstić information content (AvgIpc) is 3.06. The third-order valence-corrected chi connectivity index (χ3v) is 4.29. The van der Waals surface area contributed by atoms with E-state index in [0.717, 1.165) is 13.1 Å². The molecule has 0 saturated carbocycles. The minimum atomic E-state index is 0.0463. The average molecular weight is 273 g/mol. The van der Waals surface area contributed by atoms with E-state index in [1.807, 2.05) is 4.90 Å². The van der Waals surface area contributed by atoms with Crippen molar-refractivity contribution in [1.82, 2.24) is 15.1 Å². The van der Waals surface area contributed by atoms with Crippen LogP contribution in [0.25, 0.3) is 0 Å². The van der Waals surface area contributed by atoms with Gasteiger partial charge in [-0.15, -0.1) is 0 Å². The zero-order chi connectivity index (χ0) is 13.9. The van der Waals surface area contributed by atoms with Gasteiger partial charge in [-0.2, -0.15) is 0 Å². The minimum Gasteiger partial charge on any atom is -0.321 e. The maximum atomic E-state index is 12.1. The van der Waals surface area contributed by atoms with Crippen LogP contribution in [0, 0.1) is 6.92 Å². The number of likely N-dealkylation sites (tertiary alicyclic amines) is 1. The van der Waals surface area contributed by atoms with Gasteiger partial charge in [-0.05, 0) is 38.4 Å². The molecule has 4 heteroatoms. The molecule has 4 nitrogen and oxygen atoms in total. The van der Waals surface area contributed by atoms with Gasteiger partial charge in [0.25, 0.3) is 0 Å². The SMILES string of the molecule is Cc1cccc(C2NCC(=O)N2CCN2CCCC2)c1. The number of hydrogen-bond acceptors (Lipinski definition) is 3. The Labute approximate surface area is 120 Å². The lowest BCUT2D eigenvalue weighted by Gasteiger charge is -2.27. The Morgan fingerprint density at radius 1 is 1.25 bits per heavy atom. The number of amides is 1. The third kappa shape index (κ3) is 2.86. The molecule has 1 unspecified atom stereocenters. The molecule has 1 atom stereocenters. The molecular formula is C16H23N3O. The summed E-state index contributed by atoms with van der Waals surface area (Å²) in [6.07, 6.45) is 2.64. The molecule has 0 bridgehead atoms. The molecule has 2 aliphatic heterocycles. The van der Waals surface area contributed by atoms with E-state index in [-0.39, 0.29) is 12.1 Å². The van der Waals surface area contributed by atoms with Crippen LogP contribution in [0.15, 0.2) is 24.3 Å². The predicted molar refractivity (Wildman–Crippen MR) is 79.3 cm³/mol. The molecule has 0 spiro atoms. The smallest absolute Gasteiger partial charge is 0.238 e. The lowest BCUT2D eigenvalue weighted by molar-refractivity contribution is -0.128. The van der Waals surface area contributed by atoms with Gasteiger partial charge in [-0.25, -0.2) is 0 Å². The van der Waals surface area contributed by atoms with E-state index in [4.69, 9.17) is 0 Å². The van der Waals surface area contributed by atoms with Gasteiger partial charge in [-0.3, -0.25) is 10.1 Å². The van der Waals surface area contributed by atoms with Gasteiger partial charge in [0.2, 0.25) is 5.91 Å². The van der Waals surface area contributed by atoms with Crippen molar-refractivity contribution in [3.63, 3.8) is 0 Å². The van der Waals surface area contributed by atoms with Gasteiger partial charge in [0.15, 0.2) is 0 Å². The maximum Gasteiger partial charge on any atom is 0.238 e. The molecule has 0 aliphatic carbocycles. The summed E-state index contributed by atoms with van der Waals surface area (Å²) in [5, 5.41) is 3.33. The standard InChI is InChI=1S/C16H23N3O/c1-13-5-4-6-14(11-13)16-17-12-15(20)19(16)10-9-18-7-2-3-8-18/h4-6,11,16-17H,2-3,7-10,12H2,1H3. The van der Waals surface area contributed by atoms with Crippen molar-refractivity contribution in [2.75, 3.05) is 32.7 Å². The second kappa shape index (κ2) is 5.94. The molecule has 2 heterocycles. The van der Waals surface area contributed by atoms with Crippen LogP contribution < -0.4 is 5.32 Å². The van der Waals surface area contributed by atoms with E-state index < -0.39 is 0 Å². The molecule has 108 valence electrons. The molecule has 1 aromatic carbocycles. The van der Waals surface area contributed by atoms with Gasteiger partial charge < -0.3 is 9.80 Å². The van der Waals surface area contributed by atoms with Gasteiger partial charge in [-0.1, -0.05) is 29.8 Å². The highest BCUT2D eigenvalue weighted by atomic mass is 16.2. The summed E-state index contributed by atoms with van der Waals surface area (Å²) in [7, 11) is 0. The van der Waals surface area contributed by atoms with E-state index in [1.54, 1.807) is 0 Å². The van der Waals surface area contributed by atoms with E-state index in [1.165, 1.54) is 37.1 Å². The molecule has 2 fully saturated rings. The quantitative estimate of drug-likeness (QED) is 0.903. The second-order valence-corrected chi connectivity index (χ2v) is 5.83. The Morgan fingerprint density at radius 3 is 2.80 bits per heavy atom. The van der Waals surface area contributed by atoms with Crippen molar-refractivity contribution in [2.45, 2.75) is 25.9 Å². The fourth-order valence-corrected chi connectivity index (χ4v) is 3.19. The topological polar surface area (TPSA) is 35.6 Å².